The third-order valence-electron chi connectivity index (χ3n) is 4.82. The predicted octanol–water partition coefficient (Wildman–Crippen LogP) is 2.30. The Morgan fingerprint density at radius 1 is 0.957 bits per heavy atom. The van der Waals surface area contributed by atoms with Gasteiger partial charge in [-0.25, -0.2) is 4.68 Å². The third kappa shape index (κ3) is 3.54. The number of hydrogen-bond acceptors (Lipinski definition) is 5. The van der Waals surface area contributed by atoms with E-state index in [9.17, 15) is 0 Å². The molecule has 0 bridgehead atoms. The van der Waals surface area contributed by atoms with Crippen LogP contribution in [0.3, 0.4) is 0 Å². The van der Waals surface area contributed by atoms with Crippen molar-refractivity contribution in [2.75, 3.05) is 26.2 Å². The number of hydrogen-bond donors (Lipinski definition) is 0. The lowest BCUT2D eigenvalue weighted by atomic mass is 10.1. The SMILES string of the molecule is C[C@H](c1ccc(Cl)cc1)N1CCN([C@@H](C)c2nnnn2C)CC1. The van der Waals surface area contributed by atoms with Gasteiger partial charge in [0.1, 0.15) is 0 Å². The Hall–Kier alpha value is -1.50. The van der Waals surface area contributed by atoms with Crippen LogP contribution in [0.5, 0.6) is 0 Å². The van der Waals surface area contributed by atoms with Crippen LogP contribution in [0.2, 0.25) is 5.02 Å². The number of aryl methyl sites for hydroxylation is 1. The topological polar surface area (TPSA) is 50.1 Å². The summed E-state index contributed by atoms with van der Waals surface area (Å²) < 4.78 is 1.76. The molecule has 23 heavy (non-hydrogen) atoms. The molecule has 6 nitrogen and oxygen atoms in total. The molecule has 1 aromatic carbocycles. The van der Waals surface area contributed by atoms with E-state index in [1.165, 1.54) is 5.56 Å². The molecule has 0 spiro atoms. The number of aromatic nitrogens is 4. The van der Waals surface area contributed by atoms with Crippen LogP contribution >= 0.6 is 11.6 Å². The van der Waals surface area contributed by atoms with Crippen molar-refractivity contribution in [1.29, 1.82) is 0 Å². The van der Waals surface area contributed by atoms with Crippen LogP contribution in [0, 0.1) is 0 Å². The van der Waals surface area contributed by atoms with Crippen LogP contribution in [0.4, 0.5) is 0 Å². The molecule has 124 valence electrons. The second kappa shape index (κ2) is 6.95. The van der Waals surface area contributed by atoms with Crippen molar-refractivity contribution in [3.63, 3.8) is 0 Å². The summed E-state index contributed by atoms with van der Waals surface area (Å²) in [4.78, 5) is 4.96. The van der Waals surface area contributed by atoms with E-state index in [4.69, 9.17) is 11.6 Å². The molecule has 0 aliphatic carbocycles. The minimum Gasteiger partial charge on any atom is -0.294 e. The molecule has 1 saturated heterocycles. The molecule has 0 amide bonds. The maximum Gasteiger partial charge on any atom is 0.167 e. The van der Waals surface area contributed by atoms with Crippen molar-refractivity contribution in [3.8, 4) is 0 Å². The van der Waals surface area contributed by atoms with Crippen LogP contribution in [-0.4, -0.2) is 56.2 Å². The van der Waals surface area contributed by atoms with Gasteiger partial charge in [-0.2, -0.15) is 0 Å². The second-order valence-corrected chi connectivity index (χ2v) is 6.57. The van der Waals surface area contributed by atoms with Gasteiger partial charge >= 0.3 is 0 Å². The summed E-state index contributed by atoms with van der Waals surface area (Å²) in [5.41, 5.74) is 1.31. The first-order chi connectivity index (χ1) is 11.1. The molecule has 0 radical (unpaired) electrons. The maximum atomic E-state index is 5.98. The van der Waals surface area contributed by atoms with E-state index in [2.05, 4.69) is 51.3 Å². The smallest absolute Gasteiger partial charge is 0.167 e. The van der Waals surface area contributed by atoms with Crippen LogP contribution in [0.25, 0.3) is 0 Å². The zero-order valence-electron chi connectivity index (χ0n) is 13.9. The van der Waals surface area contributed by atoms with Gasteiger partial charge in [-0.1, -0.05) is 23.7 Å². The van der Waals surface area contributed by atoms with Crippen LogP contribution in [0.1, 0.15) is 37.3 Å². The molecule has 1 aliphatic heterocycles. The zero-order valence-corrected chi connectivity index (χ0v) is 14.6. The maximum absolute atomic E-state index is 5.98. The van der Waals surface area contributed by atoms with Gasteiger partial charge in [0.2, 0.25) is 0 Å². The summed E-state index contributed by atoms with van der Waals surface area (Å²) in [5.74, 6) is 0.921. The molecule has 0 unspecified atom stereocenters. The number of tetrazole rings is 1. The van der Waals surface area contributed by atoms with Crippen LogP contribution in [-0.2, 0) is 7.05 Å². The van der Waals surface area contributed by atoms with Gasteiger partial charge in [-0.3, -0.25) is 9.80 Å². The van der Waals surface area contributed by atoms with Gasteiger partial charge in [-0.15, -0.1) is 5.10 Å². The fraction of sp³-hybridized carbons (Fsp3) is 0.562. The molecule has 7 heteroatoms. The summed E-state index contributed by atoms with van der Waals surface area (Å²) in [6.45, 7) is 8.55. The third-order valence-corrected chi connectivity index (χ3v) is 5.08. The Bertz CT molecular complexity index is 632. The molecule has 2 atom stereocenters. The molecule has 2 aromatic rings. The standard InChI is InChI=1S/C16H23ClN6/c1-12(14-4-6-15(17)7-5-14)22-8-10-23(11-9-22)13(2)16-18-19-20-21(16)3/h4-7,12-13H,8-11H2,1-3H3/t12-,13+/m1/s1. The first kappa shape index (κ1) is 16.4. The minimum absolute atomic E-state index is 0.239. The molecule has 0 saturated carbocycles. The molecular weight excluding hydrogens is 312 g/mol. The van der Waals surface area contributed by atoms with Crippen molar-refractivity contribution < 1.29 is 0 Å². The first-order valence-corrected chi connectivity index (χ1v) is 8.40. The van der Waals surface area contributed by atoms with Gasteiger partial charge in [0.25, 0.3) is 0 Å². The quantitative estimate of drug-likeness (QED) is 0.858. The summed E-state index contributed by atoms with van der Waals surface area (Å²) >= 11 is 5.98. The Balaban J connectivity index is 1.60. The Morgan fingerprint density at radius 3 is 2.04 bits per heavy atom. The molecule has 3 rings (SSSR count). The number of piperazine rings is 1. The number of rotatable bonds is 4. The molecule has 2 heterocycles. The van der Waals surface area contributed by atoms with E-state index in [1.54, 1.807) is 4.68 Å². The second-order valence-electron chi connectivity index (χ2n) is 6.14. The van der Waals surface area contributed by atoms with E-state index in [-0.39, 0.29) is 6.04 Å². The van der Waals surface area contributed by atoms with Crippen LogP contribution in [0.15, 0.2) is 24.3 Å². The minimum atomic E-state index is 0.239. The van der Waals surface area contributed by atoms with Crippen molar-refractivity contribution in [3.05, 3.63) is 40.7 Å². The van der Waals surface area contributed by atoms with Gasteiger partial charge in [0, 0.05) is 44.3 Å². The zero-order chi connectivity index (χ0) is 16.4. The molecular formula is C16H23ClN6. The van der Waals surface area contributed by atoms with Crippen LogP contribution < -0.4 is 0 Å². The average molecular weight is 335 g/mol. The summed E-state index contributed by atoms with van der Waals surface area (Å²) in [6.07, 6.45) is 0. The molecule has 0 N–H and O–H groups in total. The first-order valence-electron chi connectivity index (χ1n) is 8.02. The summed E-state index contributed by atoms with van der Waals surface area (Å²) in [5, 5.41) is 12.6. The van der Waals surface area contributed by atoms with E-state index in [0.29, 0.717) is 6.04 Å². The summed E-state index contributed by atoms with van der Waals surface area (Å²) in [7, 11) is 1.89. The van der Waals surface area contributed by atoms with Crippen molar-refractivity contribution >= 4 is 11.6 Å². The highest BCUT2D eigenvalue weighted by Crippen LogP contribution is 2.25. The van der Waals surface area contributed by atoms with Gasteiger partial charge in [0.05, 0.1) is 6.04 Å². The highest BCUT2D eigenvalue weighted by molar-refractivity contribution is 6.30. The van der Waals surface area contributed by atoms with Gasteiger partial charge in [0.15, 0.2) is 5.82 Å². The highest BCUT2D eigenvalue weighted by Gasteiger charge is 2.27. The van der Waals surface area contributed by atoms with E-state index in [1.807, 2.05) is 19.2 Å². The lowest BCUT2D eigenvalue weighted by Crippen LogP contribution is -2.48. The highest BCUT2D eigenvalue weighted by atomic mass is 35.5. The normalized spacial score (nSPS) is 19.7. The van der Waals surface area contributed by atoms with E-state index >= 15 is 0 Å². The Kier molecular flexibility index (Phi) is 4.94. The average Bonchev–Trinajstić information content (AvgIpc) is 3.00. The molecule has 1 fully saturated rings. The van der Waals surface area contributed by atoms with Gasteiger partial charge < -0.3 is 0 Å². The predicted molar refractivity (Wildman–Crippen MR) is 90.2 cm³/mol. The van der Waals surface area contributed by atoms with Gasteiger partial charge in [-0.05, 0) is 42.0 Å². The monoisotopic (exact) mass is 334 g/mol. The largest absolute Gasteiger partial charge is 0.294 e. The number of halogens is 1. The fourth-order valence-corrected chi connectivity index (χ4v) is 3.34. The van der Waals surface area contributed by atoms with Crippen molar-refractivity contribution in [2.24, 2.45) is 7.05 Å². The summed E-state index contributed by atoms with van der Waals surface area (Å²) in [6, 6.07) is 8.81. The van der Waals surface area contributed by atoms with E-state index < -0.39 is 0 Å². The Labute approximate surface area is 142 Å². The fourth-order valence-electron chi connectivity index (χ4n) is 3.22. The lowest BCUT2D eigenvalue weighted by Gasteiger charge is -2.40. The van der Waals surface area contributed by atoms with E-state index in [0.717, 1.165) is 37.0 Å². The number of nitrogens with zero attached hydrogens (tertiary/aromatic N) is 6. The van der Waals surface area contributed by atoms with Crippen molar-refractivity contribution in [1.82, 2.24) is 30.0 Å². The molecule has 1 aliphatic rings. The van der Waals surface area contributed by atoms with Crippen molar-refractivity contribution in [2.45, 2.75) is 25.9 Å². The Morgan fingerprint density at radius 2 is 1.52 bits per heavy atom. The lowest BCUT2D eigenvalue weighted by molar-refractivity contribution is 0.0746. The number of benzene rings is 1. The molecule has 1 aromatic heterocycles.